The summed E-state index contributed by atoms with van der Waals surface area (Å²) in [4.78, 5) is 30.1. The molecule has 2 aromatic heterocycles. The molecule has 102 valence electrons. The Kier molecular flexibility index (Phi) is 3.23. The first kappa shape index (κ1) is 12.8. The first-order valence-electron chi connectivity index (χ1n) is 6.19. The minimum Gasteiger partial charge on any atom is -0.478 e. The van der Waals surface area contributed by atoms with Crippen LogP contribution in [0.3, 0.4) is 0 Å². The Hall–Kier alpha value is -2.21. The topological polar surface area (TPSA) is 70.5 Å². The molecule has 0 aromatic carbocycles. The first-order valence-corrected chi connectivity index (χ1v) is 7.07. The summed E-state index contributed by atoms with van der Waals surface area (Å²) in [5.41, 5.74) is 1.66. The van der Waals surface area contributed by atoms with Crippen molar-refractivity contribution in [1.82, 2.24) is 9.88 Å². The summed E-state index contributed by atoms with van der Waals surface area (Å²) in [6.45, 7) is 0.876. The molecule has 6 heteroatoms. The molecule has 1 aliphatic heterocycles. The number of carbonyl (C=O) groups is 2. The highest BCUT2D eigenvalue weighted by atomic mass is 32.1. The van der Waals surface area contributed by atoms with Crippen LogP contribution >= 0.6 is 11.3 Å². The minimum absolute atomic E-state index is 0.0501. The SMILES string of the molecule is O=C(O)c1ccnc2c1CN(C(=O)c1cccs1)CC2. The molecule has 1 aliphatic rings. The quantitative estimate of drug-likeness (QED) is 0.918. The number of carbonyl (C=O) groups excluding carboxylic acids is 1. The van der Waals surface area contributed by atoms with Gasteiger partial charge >= 0.3 is 5.97 Å². The van der Waals surface area contributed by atoms with Crippen LogP contribution in [0.5, 0.6) is 0 Å². The molecular formula is C14H12N2O3S. The summed E-state index contributed by atoms with van der Waals surface area (Å²) in [6.07, 6.45) is 2.10. The second-order valence-electron chi connectivity index (χ2n) is 4.54. The Morgan fingerprint density at radius 3 is 2.90 bits per heavy atom. The summed E-state index contributed by atoms with van der Waals surface area (Å²) in [7, 11) is 0. The highest BCUT2D eigenvalue weighted by molar-refractivity contribution is 7.12. The fourth-order valence-corrected chi connectivity index (χ4v) is 3.06. The lowest BCUT2D eigenvalue weighted by atomic mass is 10.00. The molecule has 0 atom stereocenters. The molecule has 0 saturated carbocycles. The molecule has 3 heterocycles. The summed E-state index contributed by atoms with van der Waals surface area (Å²) < 4.78 is 0. The average Bonchev–Trinajstić information content (AvgIpc) is 2.99. The Labute approximate surface area is 119 Å². The zero-order valence-corrected chi connectivity index (χ0v) is 11.4. The Balaban J connectivity index is 1.92. The Morgan fingerprint density at radius 2 is 2.20 bits per heavy atom. The molecule has 0 bridgehead atoms. The van der Waals surface area contributed by atoms with E-state index in [9.17, 15) is 14.7 Å². The zero-order valence-electron chi connectivity index (χ0n) is 10.6. The number of rotatable bonds is 2. The fraction of sp³-hybridized carbons (Fsp3) is 0.214. The van der Waals surface area contributed by atoms with Gasteiger partial charge in [0.05, 0.1) is 10.4 Å². The number of amides is 1. The van der Waals surface area contributed by atoms with Crippen molar-refractivity contribution >= 4 is 23.2 Å². The van der Waals surface area contributed by atoms with Gasteiger partial charge in [0, 0.05) is 37.0 Å². The number of carboxylic acid groups (broad SMARTS) is 1. The van der Waals surface area contributed by atoms with Gasteiger partial charge in [0.25, 0.3) is 5.91 Å². The maximum atomic E-state index is 12.3. The van der Waals surface area contributed by atoms with Crippen molar-refractivity contribution in [2.24, 2.45) is 0 Å². The van der Waals surface area contributed by atoms with E-state index >= 15 is 0 Å². The van der Waals surface area contributed by atoms with Gasteiger partial charge < -0.3 is 10.0 Å². The van der Waals surface area contributed by atoms with Crippen LogP contribution < -0.4 is 0 Å². The standard InChI is InChI=1S/C14H12N2O3S/c17-13(12-2-1-7-20-12)16-6-4-11-10(8-16)9(14(18)19)3-5-15-11/h1-3,5,7H,4,6,8H2,(H,18,19). The molecule has 5 nitrogen and oxygen atoms in total. The van der Waals surface area contributed by atoms with E-state index in [1.165, 1.54) is 23.6 Å². The van der Waals surface area contributed by atoms with Crippen LogP contribution in [0.1, 0.15) is 31.3 Å². The van der Waals surface area contributed by atoms with E-state index in [4.69, 9.17) is 0 Å². The minimum atomic E-state index is -0.978. The molecule has 1 N–H and O–H groups in total. The molecule has 1 amide bonds. The van der Waals surface area contributed by atoms with Crippen LogP contribution in [-0.4, -0.2) is 33.4 Å². The molecule has 0 unspecified atom stereocenters. The van der Waals surface area contributed by atoms with Gasteiger partial charge in [0.1, 0.15) is 0 Å². The maximum absolute atomic E-state index is 12.3. The fourth-order valence-electron chi connectivity index (χ4n) is 2.37. The number of hydrogen-bond donors (Lipinski definition) is 1. The van der Waals surface area contributed by atoms with Crippen LogP contribution in [-0.2, 0) is 13.0 Å². The van der Waals surface area contributed by atoms with Crippen LogP contribution in [0.15, 0.2) is 29.8 Å². The van der Waals surface area contributed by atoms with Gasteiger partial charge in [0.2, 0.25) is 0 Å². The molecule has 0 fully saturated rings. The van der Waals surface area contributed by atoms with E-state index in [0.717, 1.165) is 5.69 Å². The van der Waals surface area contributed by atoms with Crippen molar-refractivity contribution in [3.63, 3.8) is 0 Å². The van der Waals surface area contributed by atoms with Crippen molar-refractivity contribution in [2.45, 2.75) is 13.0 Å². The second-order valence-corrected chi connectivity index (χ2v) is 5.49. The second kappa shape index (κ2) is 5.05. The van der Waals surface area contributed by atoms with Gasteiger partial charge in [-0.15, -0.1) is 11.3 Å². The first-order chi connectivity index (χ1) is 9.66. The van der Waals surface area contributed by atoms with Crippen LogP contribution in [0.25, 0.3) is 0 Å². The van der Waals surface area contributed by atoms with Gasteiger partial charge in [0.15, 0.2) is 0 Å². The number of aromatic carboxylic acids is 1. The van der Waals surface area contributed by atoms with Crippen molar-refractivity contribution in [3.8, 4) is 0 Å². The summed E-state index contributed by atoms with van der Waals surface area (Å²) in [5.74, 6) is -1.03. The predicted octanol–water partition coefficient (Wildman–Crippen LogP) is 2.04. The van der Waals surface area contributed by atoms with Crippen LogP contribution in [0, 0.1) is 0 Å². The van der Waals surface area contributed by atoms with Gasteiger partial charge in [-0.3, -0.25) is 9.78 Å². The molecule has 20 heavy (non-hydrogen) atoms. The summed E-state index contributed by atoms with van der Waals surface area (Å²) in [5, 5.41) is 11.1. The van der Waals surface area contributed by atoms with Crippen molar-refractivity contribution in [2.75, 3.05) is 6.54 Å². The van der Waals surface area contributed by atoms with Gasteiger partial charge in [-0.1, -0.05) is 6.07 Å². The molecule has 0 aliphatic carbocycles. The predicted molar refractivity (Wildman–Crippen MR) is 74.0 cm³/mol. The van der Waals surface area contributed by atoms with E-state index in [0.29, 0.717) is 30.0 Å². The Morgan fingerprint density at radius 1 is 1.35 bits per heavy atom. The molecular weight excluding hydrogens is 276 g/mol. The zero-order chi connectivity index (χ0) is 14.1. The molecule has 3 rings (SSSR count). The number of hydrogen-bond acceptors (Lipinski definition) is 4. The monoisotopic (exact) mass is 288 g/mol. The average molecular weight is 288 g/mol. The molecule has 0 radical (unpaired) electrons. The van der Waals surface area contributed by atoms with Gasteiger partial charge in [-0.2, -0.15) is 0 Å². The number of thiophene rings is 1. The highest BCUT2D eigenvalue weighted by Gasteiger charge is 2.26. The lowest BCUT2D eigenvalue weighted by molar-refractivity contribution is 0.0678. The highest BCUT2D eigenvalue weighted by Crippen LogP contribution is 2.23. The normalized spacial score (nSPS) is 13.9. The third-order valence-electron chi connectivity index (χ3n) is 3.36. The van der Waals surface area contributed by atoms with Crippen molar-refractivity contribution < 1.29 is 14.7 Å². The van der Waals surface area contributed by atoms with Crippen molar-refractivity contribution in [3.05, 3.63) is 51.5 Å². The molecule has 0 spiro atoms. The van der Waals surface area contributed by atoms with E-state index in [1.807, 2.05) is 11.4 Å². The third-order valence-corrected chi connectivity index (χ3v) is 4.22. The van der Waals surface area contributed by atoms with Gasteiger partial charge in [-0.25, -0.2) is 4.79 Å². The van der Waals surface area contributed by atoms with E-state index < -0.39 is 5.97 Å². The number of carboxylic acids is 1. The van der Waals surface area contributed by atoms with E-state index in [1.54, 1.807) is 11.0 Å². The summed E-state index contributed by atoms with van der Waals surface area (Å²) in [6, 6.07) is 5.10. The third kappa shape index (κ3) is 2.18. The smallest absolute Gasteiger partial charge is 0.336 e. The maximum Gasteiger partial charge on any atom is 0.336 e. The molecule has 0 saturated heterocycles. The van der Waals surface area contributed by atoms with Crippen LogP contribution in [0.2, 0.25) is 0 Å². The lowest BCUT2D eigenvalue weighted by Crippen LogP contribution is -2.36. The lowest BCUT2D eigenvalue weighted by Gasteiger charge is -2.28. The largest absolute Gasteiger partial charge is 0.478 e. The van der Waals surface area contributed by atoms with Crippen molar-refractivity contribution in [1.29, 1.82) is 0 Å². The van der Waals surface area contributed by atoms with E-state index in [2.05, 4.69) is 4.98 Å². The number of aromatic nitrogens is 1. The number of nitrogens with zero attached hydrogens (tertiary/aromatic N) is 2. The number of fused-ring (bicyclic) bond motifs is 1. The van der Waals surface area contributed by atoms with E-state index in [-0.39, 0.29) is 11.5 Å². The number of pyridine rings is 1. The van der Waals surface area contributed by atoms with Gasteiger partial charge in [-0.05, 0) is 17.5 Å². The molecule has 2 aromatic rings. The summed E-state index contributed by atoms with van der Waals surface area (Å²) >= 11 is 1.39. The Bertz CT molecular complexity index is 667. The van der Waals surface area contributed by atoms with Crippen LogP contribution in [0.4, 0.5) is 0 Å².